The Labute approximate surface area is 241 Å². The van der Waals surface area contributed by atoms with Gasteiger partial charge in [0.25, 0.3) is 0 Å². The zero-order valence-corrected chi connectivity index (χ0v) is 26.8. The van der Waals surface area contributed by atoms with Crippen LogP contribution < -0.4 is 0 Å². The van der Waals surface area contributed by atoms with E-state index in [0.717, 1.165) is 6.54 Å². The van der Waals surface area contributed by atoms with Gasteiger partial charge in [0, 0.05) is 25.5 Å². The predicted octanol–water partition coefficient (Wildman–Crippen LogP) is 12.4. The van der Waals surface area contributed by atoms with Crippen molar-refractivity contribution in [3.63, 3.8) is 0 Å². The Morgan fingerprint density at radius 3 is 1.05 bits per heavy atom. The van der Waals surface area contributed by atoms with Gasteiger partial charge in [-0.25, -0.2) is 0 Å². The molecule has 2 nitrogen and oxygen atoms in total. The van der Waals surface area contributed by atoms with Gasteiger partial charge in [-0.3, -0.25) is 0 Å². The predicted molar refractivity (Wildman–Crippen MR) is 173 cm³/mol. The summed E-state index contributed by atoms with van der Waals surface area (Å²) in [4.78, 5) is 5.23. The van der Waals surface area contributed by atoms with Crippen molar-refractivity contribution in [3.8, 4) is 0 Å². The fourth-order valence-electron chi connectivity index (χ4n) is 6.27. The lowest BCUT2D eigenvalue weighted by Crippen LogP contribution is -2.38. The van der Waals surface area contributed by atoms with E-state index >= 15 is 0 Å². The van der Waals surface area contributed by atoms with Gasteiger partial charge in [0.05, 0.1) is 0 Å². The van der Waals surface area contributed by atoms with Crippen LogP contribution in [0.2, 0.25) is 0 Å². The molecule has 0 amide bonds. The molecule has 38 heavy (non-hydrogen) atoms. The van der Waals surface area contributed by atoms with E-state index in [-0.39, 0.29) is 0 Å². The van der Waals surface area contributed by atoms with E-state index in [0.29, 0.717) is 6.17 Å². The van der Waals surface area contributed by atoms with E-state index in [1.54, 1.807) is 0 Å². The third kappa shape index (κ3) is 20.3. The standard InChI is InChI=1S/C36H72N2/c1-4-7-9-11-13-15-17-18-19-20-21-22-23-25-27-29-31-33-38-35-34-37(6-3)36(38)32-30-28-26-24-16-14-12-10-8-5-2/h34-36H,4-33H2,1-3H3. The highest BCUT2D eigenvalue weighted by molar-refractivity contribution is 4.96. The van der Waals surface area contributed by atoms with Gasteiger partial charge < -0.3 is 9.80 Å². The number of hydrogen-bond acceptors (Lipinski definition) is 2. The van der Waals surface area contributed by atoms with E-state index in [1.165, 1.54) is 186 Å². The molecule has 0 spiro atoms. The Morgan fingerprint density at radius 1 is 0.368 bits per heavy atom. The van der Waals surface area contributed by atoms with Crippen LogP contribution in [0.3, 0.4) is 0 Å². The van der Waals surface area contributed by atoms with E-state index in [4.69, 9.17) is 0 Å². The molecule has 1 unspecified atom stereocenters. The van der Waals surface area contributed by atoms with Crippen LogP contribution >= 0.6 is 0 Å². The van der Waals surface area contributed by atoms with Crippen LogP contribution in [0.15, 0.2) is 12.4 Å². The third-order valence-corrected chi connectivity index (χ3v) is 8.92. The van der Waals surface area contributed by atoms with Crippen molar-refractivity contribution in [2.75, 3.05) is 13.1 Å². The molecule has 0 bridgehead atoms. The highest BCUT2D eigenvalue weighted by Crippen LogP contribution is 2.23. The lowest BCUT2D eigenvalue weighted by atomic mass is 10.0. The normalized spacial score (nSPS) is 15.3. The largest absolute Gasteiger partial charge is 0.356 e. The summed E-state index contributed by atoms with van der Waals surface area (Å²) in [5.41, 5.74) is 0. The molecule has 1 aliphatic heterocycles. The quantitative estimate of drug-likeness (QED) is 0.0848. The molecule has 0 saturated carbocycles. The Hall–Kier alpha value is -0.660. The van der Waals surface area contributed by atoms with Gasteiger partial charge >= 0.3 is 0 Å². The van der Waals surface area contributed by atoms with Crippen LogP contribution in [0, 0.1) is 0 Å². The zero-order valence-electron chi connectivity index (χ0n) is 26.8. The smallest absolute Gasteiger partial charge is 0.101 e. The van der Waals surface area contributed by atoms with Gasteiger partial charge in [0.2, 0.25) is 0 Å². The fourth-order valence-corrected chi connectivity index (χ4v) is 6.27. The highest BCUT2D eigenvalue weighted by Gasteiger charge is 2.23. The number of unbranched alkanes of at least 4 members (excludes halogenated alkanes) is 25. The first-order chi connectivity index (χ1) is 18.8. The third-order valence-electron chi connectivity index (χ3n) is 8.92. The van der Waals surface area contributed by atoms with Gasteiger partial charge in [-0.15, -0.1) is 0 Å². The Balaban J connectivity index is 1.92. The second kappa shape index (κ2) is 27.9. The van der Waals surface area contributed by atoms with Crippen LogP contribution in [-0.2, 0) is 0 Å². The summed E-state index contributed by atoms with van der Waals surface area (Å²) >= 11 is 0. The van der Waals surface area contributed by atoms with Crippen molar-refractivity contribution in [1.29, 1.82) is 0 Å². The van der Waals surface area contributed by atoms with Crippen molar-refractivity contribution in [1.82, 2.24) is 9.80 Å². The molecular weight excluding hydrogens is 460 g/mol. The average molecular weight is 533 g/mol. The maximum atomic E-state index is 2.66. The summed E-state index contributed by atoms with van der Waals surface area (Å²) in [5, 5.41) is 0. The topological polar surface area (TPSA) is 6.48 Å². The van der Waals surface area contributed by atoms with Gasteiger partial charge in [-0.05, 0) is 26.2 Å². The minimum Gasteiger partial charge on any atom is -0.356 e. The first kappa shape index (κ1) is 35.4. The average Bonchev–Trinajstić information content (AvgIpc) is 3.33. The molecule has 1 atom stereocenters. The molecule has 0 radical (unpaired) electrons. The van der Waals surface area contributed by atoms with Crippen molar-refractivity contribution in [3.05, 3.63) is 12.4 Å². The summed E-state index contributed by atoms with van der Waals surface area (Å²) in [7, 11) is 0. The second-order valence-electron chi connectivity index (χ2n) is 12.5. The number of nitrogens with zero attached hydrogens (tertiary/aromatic N) is 2. The molecule has 0 aromatic heterocycles. The summed E-state index contributed by atoms with van der Waals surface area (Å²) in [6.45, 7) is 9.33. The monoisotopic (exact) mass is 533 g/mol. The molecule has 1 heterocycles. The number of rotatable bonds is 30. The van der Waals surface area contributed by atoms with E-state index < -0.39 is 0 Å². The molecule has 1 rings (SSSR count). The maximum absolute atomic E-state index is 2.66. The molecular formula is C36H72N2. The van der Waals surface area contributed by atoms with Crippen molar-refractivity contribution < 1.29 is 0 Å². The summed E-state index contributed by atoms with van der Waals surface area (Å²) in [6.07, 6.45) is 45.8. The summed E-state index contributed by atoms with van der Waals surface area (Å²) in [6, 6.07) is 0. The van der Waals surface area contributed by atoms with Crippen molar-refractivity contribution in [2.45, 2.75) is 207 Å². The number of hydrogen-bond donors (Lipinski definition) is 0. The zero-order chi connectivity index (χ0) is 27.4. The van der Waals surface area contributed by atoms with E-state index in [2.05, 4.69) is 43.0 Å². The molecule has 0 fully saturated rings. The first-order valence-corrected chi connectivity index (χ1v) is 18.0. The lowest BCUT2D eigenvalue weighted by Gasteiger charge is -2.32. The summed E-state index contributed by atoms with van der Waals surface area (Å²) < 4.78 is 0. The van der Waals surface area contributed by atoms with Crippen LogP contribution in [0.4, 0.5) is 0 Å². The Kier molecular flexibility index (Phi) is 26.0. The molecule has 0 saturated heterocycles. The first-order valence-electron chi connectivity index (χ1n) is 18.0. The molecule has 226 valence electrons. The van der Waals surface area contributed by atoms with Crippen LogP contribution in [0.25, 0.3) is 0 Å². The molecule has 0 N–H and O–H groups in total. The van der Waals surface area contributed by atoms with Gasteiger partial charge in [0.15, 0.2) is 0 Å². The fraction of sp³-hybridized carbons (Fsp3) is 0.944. The van der Waals surface area contributed by atoms with Crippen LogP contribution in [-0.4, -0.2) is 29.1 Å². The van der Waals surface area contributed by atoms with Crippen LogP contribution in [0.5, 0.6) is 0 Å². The van der Waals surface area contributed by atoms with Gasteiger partial charge in [-0.1, -0.05) is 174 Å². The van der Waals surface area contributed by atoms with Gasteiger partial charge in [-0.2, -0.15) is 0 Å². The van der Waals surface area contributed by atoms with E-state index in [1.807, 2.05) is 0 Å². The molecule has 1 aliphatic rings. The molecule has 2 heteroatoms. The summed E-state index contributed by atoms with van der Waals surface area (Å²) in [5.74, 6) is 0. The van der Waals surface area contributed by atoms with Crippen LogP contribution in [0.1, 0.15) is 201 Å². The Morgan fingerprint density at radius 2 is 0.684 bits per heavy atom. The minimum absolute atomic E-state index is 0.634. The SMILES string of the molecule is CCCCCCCCCCCCCCCCCCCN1C=CN(CC)C1CCCCCCCCCCCC. The molecule has 0 aromatic rings. The maximum Gasteiger partial charge on any atom is 0.101 e. The van der Waals surface area contributed by atoms with E-state index in [9.17, 15) is 0 Å². The minimum atomic E-state index is 0.634. The second-order valence-corrected chi connectivity index (χ2v) is 12.5. The lowest BCUT2D eigenvalue weighted by molar-refractivity contribution is 0.142. The molecule has 0 aliphatic carbocycles. The van der Waals surface area contributed by atoms with Crippen molar-refractivity contribution in [2.24, 2.45) is 0 Å². The highest BCUT2D eigenvalue weighted by atomic mass is 15.4. The van der Waals surface area contributed by atoms with Crippen molar-refractivity contribution >= 4 is 0 Å². The van der Waals surface area contributed by atoms with Gasteiger partial charge in [0.1, 0.15) is 6.17 Å². The molecule has 0 aromatic carbocycles. The Bertz CT molecular complexity index is 488.